The first-order valence-electron chi connectivity index (χ1n) is 6.18. The molecule has 18 heavy (non-hydrogen) atoms. The van der Waals surface area contributed by atoms with Gasteiger partial charge in [-0.15, -0.1) is 0 Å². The topological polar surface area (TPSA) is 79.2 Å². The molecule has 0 bridgehead atoms. The maximum absolute atomic E-state index is 11.3. The molecule has 2 unspecified atom stereocenters. The van der Waals surface area contributed by atoms with Gasteiger partial charge < -0.3 is 10.1 Å². The highest BCUT2D eigenvalue weighted by Crippen LogP contribution is 2.09. The summed E-state index contributed by atoms with van der Waals surface area (Å²) < 4.78 is 23.7. The van der Waals surface area contributed by atoms with Crippen molar-refractivity contribution in [3.05, 3.63) is 0 Å². The van der Waals surface area contributed by atoms with E-state index < -0.39 is 21.4 Å². The van der Waals surface area contributed by atoms with Crippen LogP contribution in [0.1, 0.15) is 40.5 Å². The Morgan fingerprint density at radius 3 is 2.44 bits per heavy atom. The SMILES string of the molecule is CC(CCCNC(=O)OC(C)(C)C)CS(C)(=N)=O. The van der Waals surface area contributed by atoms with Gasteiger partial charge in [-0.2, -0.15) is 0 Å². The molecule has 108 valence electrons. The Morgan fingerprint density at radius 2 is 2.00 bits per heavy atom. The average Bonchev–Trinajstić information content (AvgIpc) is 2.06. The number of alkyl carbamates (subject to hydrolysis) is 1. The molecule has 0 aliphatic carbocycles. The number of carbonyl (C=O) groups excluding carboxylic acids is 1. The molecule has 0 radical (unpaired) electrons. The van der Waals surface area contributed by atoms with Crippen LogP contribution >= 0.6 is 0 Å². The molecule has 0 spiro atoms. The Labute approximate surface area is 111 Å². The number of nitrogens with one attached hydrogen (secondary N) is 2. The smallest absolute Gasteiger partial charge is 0.407 e. The predicted molar refractivity (Wildman–Crippen MR) is 74.3 cm³/mol. The molecule has 6 heteroatoms. The Bertz CT molecular complexity index is 358. The fourth-order valence-electron chi connectivity index (χ4n) is 1.58. The van der Waals surface area contributed by atoms with E-state index in [1.165, 1.54) is 6.26 Å². The van der Waals surface area contributed by atoms with E-state index in [0.717, 1.165) is 12.8 Å². The summed E-state index contributed by atoms with van der Waals surface area (Å²) >= 11 is 0. The van der Waals surface area contributed by atoms with E-state index >= 15 is 0 Å². The molecule has 0 saturated carbocycles. The van der Waals surface area contributed by atoms with Gasteiger partial charge >= 0.3 is 6.09 Å². The van der Waals surface area contributed by atoms with Gasteiger partial charge in [0.05, 0.1) is 0 Å². The second-order valence-corrected chi connectivity index (χ2v) is 8.19. The first-order valence-corrected chi connectivity index (χ1v) is 8.31. The van der Waals surface area contributed by atoms with Crippen molar-refractivity contribution in [2.45, 2.75) is 46.1 Å². The minimum absolute atomic E-state index is 0.237. The van der Waals surface area contributed by atoms with Crippen molar-refractivity contribution in [2.75, 3.05) is 18.6 Å². The third kappa shape index (κ3) is 11.7. The second-order valence-electron chi connectivity index (χ2n) is 5.85. The molecule has 0 aromatic carbocycles. The van der Waals surface area contributed by atoms with Gasteiger partial charge in [-0.25, -0.2) is 4.79 Å². The summed E-state index contributed by atoms with van der Waals surface area (Å²) in [6.07, 6.45) is 2.70. The van der Waals surface area contributed by atoms with Crippen molar-refractivity contribution >= 4 is 15.8 Å². The van der Waals surface area contributed by atoms with Gasteiger partial charge in [-0.1, -0.05) is 6.92 Å². The lowest BCUT2D eigenvalue weighted by atomic mass is 10.1. The van der Waals surface area contributed by atoms with Crippen molar-refractivity contribution in [1.29, 1.82) is 4.78 Å². The van der Waals surface area contributed by atoms with E-state index in [0.29, 0.717) is 12.3 Å². The summed E-state index contributed by atoms with van der Waals surface area (Å²) in [6, 6.07) is 0. The monoisotopic (exact) mass is 278 g/mol. The first kappa shape index (κ1) is 17.2. The van der Waals surface area contributed by atoms with Crippen LogP contribution in [0, 0.1) is 10.7 Å². The summed E-state index contributed by atoms with van der Waals surface area (Å²) in [5.41, 5.74) is -0.476. The van der Waals surface area contributed by atoms with Crippen LogP contribution in [0.25, 0.3) is 0 Å². The average molecular weight is 278 g/mol. The number of rotatable bonds is 6. The van der Waals surface area contributed by atoms with Crippen LogP contribution in [0.3, 0.4) is 0 Å². The highest BCUT2D eigenvalue weighted by molar-refractivity contribution is 7.91. The van der Waals surface area contributed by atoms with Gasteiger partial charge in [-0.3, -0.25) is 8.99 Å². The fraction of sp³-hybridized carbons (Fsp3) is 0.917. The van der Waals surface area contributed by atoms with E-state index in [2.05, 4.69) is 5.32 Å². The first-order chi connectivity index (χ1) is 7.99. The van der Waals surface area contributed by atoms with Crippen LogP contribution in [0.2, 0.25) is 0 Å². The van der Waals surface area contributed by atoms with Gasteiger partial charge in [0.15, 0.2) is 0 Å². The number of carbonyl (C=O) groups is 1. The summed E-state index contributed by atoms with van der Waals surface area (Å²) in [7, 11) is -2.41. The lowest BCUT2D eigenvalue weighted by molar-refractivity contribution is 0.0526. The molecule has 5 nitrogen and oxygen atoms in total. The standard InChI is InChI=1S/C12H26N2O3S/c1-10(9-18(5,13)16)7-6-8-14-11(15)17-12(2,3)4/h10,13H,6-9H2,1-5H3,(H,14,15). The molecule has 0 aliphatic heterocycles. The van der Waals surface area contributed by atoms with Crippen LogP contribution in [0.15, 0.2) is 0 Å². The lowest BCUT2D eigenvalue weighted by Crippen LogP contribution is -2.33. The molecular formula is C12H26N2O3S. The molecule has 0 saturated heterocycles. The van der Waals surface area contributed by atoms with E-state index in [9.17, 15) is 9.00 Å². The molecule has 0 aromatic rings. The second kappa shape index (κ2) is 6.97. The third-order valence-electron chi connectivity index (χ3n) is 2.14. The summed E-state index contributed by atoms with van der Waals surface area (Å²) in [6.45, 7) is 7.98. The van der Waals surface area contributed by atoms with Gasteiger partial charge in [0, 0.05) is 28.3 Å². The zero-order chi connectivity index (χ0) is 14.4. The molecule has 2 N–H and O–H groups in total. The molecule has 0 aromatic heterocycles. The summed E-state index contributed by atoms with van der Waals surface area (Å²) in [5.74, 6) is 0.653. The zero-order valence-electron chi connectivity index (χ0n) is 12.0. The summed E-state index contributed by atoms with van der Waals surface area (Å²) in [4.78, 5) is 11.3. The third-order valence-corrected chi connectivity index (χ3v) is 3.35. The molecule has 0 aliphatic rings. The Morgan fingerprint density at radius 1 is 1.44 bits per heavy atom. The van der Waals surface area contributed by atoms with E-state index in [-0.39, 0.29) is 5.92 Å². The maximum atomic E-state index is 11.3. The number of hydrogen-bond donors (Lipinski definition) is 2. The van der Waals surface area contributed by atoms with Crippen LogP contribution in [0.4, 0.5) is 4.79 Å². The summed E-state index contributed by atoms with van der Waals surface area (Å²) in [5, 5.41) is 2.68. The van der Waals surface area contributed by atoms with Crippen LogP contribution < -0.4 is 5.32 Å². The minimum atomic E-state index is -2.41. The van der Waals surface area contributed by atoms with Crippen molar-refractivity contribution in [3.63, 3.8) is 0 Å². The predicted octanol–water partition coefficient (Wildman–Crippen LogP) is 2.60. The van der Waals surface area contributed by atoms with Crippen LogP contribution in [-0.2, 0) is 14.5 Å². The van der Waals surface area contributed by atoms with E-state index in [4.69, 9.17) is 9.52 Å². The van der Waals surface area contributed by atoms with Gasteiger partial charge in [0.1, 0.15) is 5.60 Å². The fourth-order valence-corrected chi connectivity index (χ4v) is 2.83. The minimum Gasteiger partial charge on any atom is -0.444 e. The zero-order valence-corrected chi connectivity index (χ0v) is 12.9. The highest BCUT2D eigenvalue weighted by atomic mass is 32.2. The van der Waals surface area contributed by atoms with Crippen molar-refractivity contribution < 1.29 is 13.7 Å². The lowest BCUT2D eigenvalue weighted by Gasteiger charge is -2.19. The Hall–Kier alpha value is -0.780. The Balaban J connectivity index is 3.71. The molecule has 0 fully saturated rings. The molecule has 2 atom stereocenters. The molecule has 0 heterocycles. The van der Waals surface area contributed by atoms with Crippen LogP contribution in [0.5, 0.6) is 0 Å². The quantitative estimate of drug-likeness (QED) is 0.733. The van der Waals surface area contributed by atoms with Gasteiger partial charge in [0.25, 0.3) is 0 Å². The normalized spacial score (nSPS) is 16.7. The van der Waals surface area contributed by atoms with Gasteiger partial charge in [0.2, 0.25) is 0 Å². The van der Waals surface area contributed by atoms with Crippen molar-refractivity contribution in [2.24, 2.45) is 5.92 Å². The van der Waals surface area contributed by atoms with Crippen LogP contribution in [-0.4, -0.2) is 34.5 Å². The molecular weight excluding hydrogens is 252 g/mol. The number of amides is 1. The number of ether oxygens (including phenoxy) is 1. The van der Waals surface area contributed by atoms with E-state index in [1.807, 2.05) is 27.7 Å². The van der Waals surface area contributed by atoms with Gasteiger partial charge in [-0.05, 0) is 39.5 Å². The maximum Gasteiger partial charge on any atom is 0.407 e. The molecule has 1 amide bonds. The number of hydrogen-bond acceptors (Lipinski definition) is 4. The van der Waals surface area contributed by atoms with E-state index in [1.54, 1.807) is 0 Å². The largest absolute Gasteiger partial charge is 0.444 e. The molecule has 0 rings (SSSR count). The van der Waals surface area contributed by atoms with Crippen molar-refractivity contribution in [3.8, 4) is 0 Å². The Kier molecular flexibility index (Phi) is 6.67. The van der Waals surface area contributed by atoms with Crippen molar-refractivity contribution in [1.82, 2.24) is 5.32 Å². The highest BCUT2D eigenvalue weighted by Gasteiger charge is 2.15.